The lowest BCUT2D eigenvalue weighted by Gasteiger charge is -2.22. The molecule has 1 aliphatic heterocycles. The van der Waals surface area contributed by atoms with Gasteiger partial charge in [0.1, 0.15) is 12.3 Å². The summed E-state index contributed by atoms with van der Waals surface area (Å²) in [4.78, 5) is 37.3. The maximum Gasteiger partial charge on any atom is 0.405 e. The molecule has 2 rings (SSSR count). The van der Waals surface area contributed by atoms with Crippen LogP contribution in [0.3, 0.4) is 0 Å². The number of nitrogens with one attached hydrogen (secondary N) is 3. The van der Waals surface area contributed by atoms with Crippen molar-refractivity contribution in [3.05, 3.63) is 93.6 Å². The molecule has 1 fully saturated rings. The third-order valence-corrected chi connectivity index (χ3v) is 8.53. The summed E-state index contributed by atoms with van der Waals surface area (Å²) in [7, 11) is -3.82. The molecule has 1 aromatic heterocycles. The smallest absolute Gasteiger partial charge is 0.390 e. The quantitative estimate of drug-likeness (QED) is 0.0699. The highest BCUT2D eigenvalue weighted by Gasteiger charge is 2.38. The van der Waals surface area contributed by atoms with Gasteiger partial charge in [-0.15, -0.1) is 0 Å². The van der Waals surface area contributed by atoms with Gasteiger partial charge in [0.05, 0.1) is 25.5 Å². The molecule has 1 saturated heterocycles. The van der Waals surface area contributed by atoms with Crippen LogP contribution in [0.2, 0.25) is 0 Å². The number of hydrogen-bond donors (Lipinski definition) is 4. The normalized spacial score (nSPS) is 20.0. The van der Waals surface area contributed by atoms with E-state index in [-0.39, 0.29) is 38.6 Å². The van der Waals surface area contributed by atoms with Crippen molar-refractivity contribution in [3.63, 3.8) is 0 Å². The number of carbonyl (C=O) groups is 1. The fourth-order valence-corrected chi connectivity index (χ4v) is 5.74. The lowest BCUT2D eigenvalue weighted by molar-refractivity contribution is -0.121. The maximum atomic E-state index is 13.7. The summed E-state index contributed by atoms with van der Waals surface area (Å²) in [5.74, 6) is -1.31. The molecule has 0 radical (unpaired) electrons. The Hall–Kier alpha value is -3.19. The zero-order chi connectivity index (χ0) is 34.3. The molecule has 262 valence electrons. The Labute approximate surface area is 276 Å². The topological polar surface area (TPSA) is 161 Å². The zero-order valence-corrected chi connectivity index (χ0v) is 28.2. The van der Waals surface area contributed by atoms with Crippen LogP contribution in [0.25, 0.3) is 0 Å². The predicted molar refractivity (Wildman–Crippen MR) is 180 cm³/mol. The van der Waals surface area contributed by atoms with E-state index in [0.717, 1.165) is 43.1 Å². The van der Waals surface area contributed by atoms with Crippen molar-refractivity contribution < 1.29 is 32.6 Å². The summed E-state index contributed by atoms with van der Waals surface area (Å²) in [6.45, 7) is 3.75. The zero-order valence-electron chi connectivity index (χ0n) is 27.4. The monoisotopic (exact) mass is 680 g/mol. The lowest BCUT2D eigenvalue weighted by Crippen LogP contribution is -2.34. The van der Waals surface area contributed by atoms with E-state index >= 15 is 0 Å². The first kappa shape index (κ1) is 40.0. The Morgan fingerprint density at radius 1 is 1.02 bits per heavy atom. The summed E-state index contributed by atoms with van der Waals surface area (Å²) in [6.07, 6.45) is 25.5. The largest absolute Gasteiger partial charge is 0.405 e. The number of H-pyrrole nitrogens is 1. The summed E-state index contributed by atoms with van der Waals surface area (Å²) >= 11 is 0. The van der Waals surface area contributed by atoms with E-state index in [1.165, 1.54) is 0 Å². The van der Waals surface area contributed by atoms with Gasteiger partial charge in [-0.1, -0.05) is 67.7 Å². The van der Waals surface area contributed by atoms with Crippen molar-refractivity contribution in [1.29, 1.82) is 0 Å². The number of unbranched alkanes of at least 4 members (excludes halogenated alkanes) is 1. The van der Waals surface area contributed by atoms with Crippen LogP contribution < -0.4 is 21.7 Å². The number of hydrogen-bond acceptors (Lipinski definition) is 8. The number of aromatic amines is 1. The minimum Gasteiger partial charge on any atom is -0.390 e. The van der Waals surface area contributed by atoms with Crippen LogP contribution >= 0.6 is 7.75 Å². The summed E-state index contributed by atoms with van der Waals surface area (Å²) in [5, 5.41) is 15.8. The molecular formula is C33H50FN4O8P. The molecule has 4 N–H and O–H groups in total. The Bertz CT molecular complexity index is 1390. The van der Waals surface area contributed by atoms with Gasteiger partial charge in [-0.2, -0.15) is 4.39 Å². The second-order valence-electron chi connectivity index (χ2n) is 10.6. The molecule has 2 heterocycles. The molecule has 47 heavy (non-hydrogen) atoms. The highest BCUT2D eigenvalue weighted by Crippen LogP contribution is 2.44. The van der Waals surface area contributed by atoms with Crippen LogP contribution in [0.4, 0.5) is 4.39 Å². The second-order valence-corrected chi connectivity index (χ2v) is 12.5. The highest BCUT2D eigenvalue weighted by atomic mass is 31.2. The summed E-state index contributed by atoms with van der Waals surface area (Å²) < 4.78 is 43.9. The van der Waals surface area contributed by atoms with E-state index < -0.39 is 43.2 Å². The SMILES string of the molecule is CCC=CCC=CCC=CCC=CCC=CCCCC(=O)NCCNP(=O)(OCC)OCC1OC(n2cc(F)c(=O)[nH]c2=O)CC1O. The minimum atomic E-state index is -3.82. The van der Waals surface area contributed by atoms with Crippen LogP contribution in [-0.4, -0.2) is 59.1 Å². The molecular weight excluding hydrogens is 630 g/mol. The number of nitrogens with zero attached hydrogens (tertiary/aromatic N) is 1. The number of amides is 1. The Balaban J connectivity index is 1.59. The third kappa shape index (κ3) is 16.5. The van der Waals surface area contributed by atoms with Crippen molar-refractivity contribution in [1.82, 2.24) is 20.0 Å². The number of rotatable bonds is 23. The fourth-order valence-electron chi connectivity index (χ4n) is 4.41. The second kappa shape index (κ2) is 23.2. The molecule has 0 aromatic carbocycles. The van der Waals surface area contributed by atoms with Gasteiger partial charge in [0.2, 0.25) is 11.7 Å². The maximum absolute atomic E-state index is 13.7. The molecule has 12 nitrogen and oxygen atoms in total. The van der Waals surface area contributed by atoms with Crippen molar-refractivity contribution in [2.24, 2.45) is 0 Å². The van der Waals surface area contributed by atoms with E-state index in [1.54, 1.807) is 6.92 Å². The van der Waals surface area contributed by atoms with E-state index in [1.807, 2.05) is 4.98 Å². The highest BCUT2D eigenvalue weighted by molar-refractivity contribution is 7.51. The average molecular weight is 681 g/mol. The number of ether oxygens (including phenoxy) is 1. The van der Waals surface area contributed by atoms with E-state index in [4.69, 9.17) is 13.8 Å². The average Bonchev–Trinajstić information content (AvgIpc) is 3.41. The Kier molecular flexibility index (Phi) is 19.7. The van der Waals surface area contributed by atoms with Gasteiger partial charge in [0.15, 0.2) is 0 Å². The van der Waals surface area contributed by atoms with Crippen molar-refractivity contribution in [2.75, 3.05) is 26.3 Å². The molecule has 0 saturated carbocycles. The fraction of sp³-hybridized carbons (Fsp3) is 0.545. The molecule has 0 bridgehead atoms. The molecule has 14 heteroatoms. The van der Waals surface area contributed by atoms with Crippen molar-refractivity contribution >= 4 is 13.7 Å². The molecule has 1 amide bonds. The number of allylic oxidation sites excluding steroid dienone is 10. The van der Waals surface area contributed by atoms with Crippen LogP contribution in [0.1, 0.15) is 77.9 Å². The number of aromatic nitrogens is 2. The predicted octanol–water partition coefficient (Wildman–Crippen LogP) is 5.11. The van der Waals surface area contributed by atoms with E-state index in [9.17, 15) is 28.4 Å². The lowest BCUT2D eigenvalue weighted by atomic mass is 10.2. The van der Waals surface area contributed by atoms with Gasteiger partial charge < -0.3 is 15.2 Å². The first-order chi connectivity index (χ1) is 22.7. The standard InChI is InChI=1S/C33H50FN4O8P/c1-3-5-6-7-8-9-10-11-12-13-14-15-16-17-18-19-20-21-30(40)35-22-23-36-47(43,44-4-2)45-26-29-28(39)24-31(46-29)38-25-27(34)32(41)37-33(38)42/h5-6,8-9,11-12,14-15,17-18,25,28-29,31,39H,3-4,7,10,13,16,19-24,26H2,1-2H3,(H,35,40)(H,36,43)(H,37,41,42). The summed E-state index contributed by atoms with van der Waals surface area (Å²) in [6, 6.07) is 0. The number of halogens is 1. The van der Waals surface area contributed by atoms with E-state index in [0.29, 0.717) is 19.0 Å². The Morgan fingerprint density at radius 2 is 1.64 bits per heavy atom. The van der Waals surface area contributed by atoms with Gasteiger partial charge in [-0.25, -0.2) is 14.4 Å². The third-order valence-electron chi connectivity index (χ3n) is 6.83. The molecule has 0 aliphatic carbocycles. The number of carbonyl (C=O) groups excluding carboxylic acids is 1. The van der Waals surface area contributed by atoms with Crippen LogP contribution in [0, 0.1) is 5.82 Å². The molecule has 1 aliphatic rings. The van der Waals surface area contributed by atoms with Crippen LogP contribution in [0.5, 0.6) is 0 Å². The minimum absolute atomic E-state index is 0.0647. The molecule has 1 aromatic rings. The summed E-state index contributed by atoms with van der Waals surface area (Å²) in [5.41, 5.74) is -2.06. The van der Waals surface area contributed by atoms with Gasteiger partial charge in [0.25, 0.3) is 5.56 Å². The molecule has 4 unspecified atom stereocenters. The van der Waals surface area contributed by atoms with Gasteiger partial charge in [-0.3, -0.25) is 28.2 Å². The molecule has 0 spiro atoms. The van der Waals surface area contributed by atoms with Gasteiger partial charge in [0, 0.05) is 25.9 Å². The van der Waals surface area contributed by atoms with E-state index in [2.05, 4.69) is 78.1 Å². The van der Waals surface area contributed by atoms with Crippen LogP contribution in [0.15, 0.2) is 76.5 Å². The van der Waals surface area contributed by atoms with Crippen LogP contribution in [-0.2, 0) is 23.1 Å². The first-order valence-corrected chi connectivity index (χ1v) is 17.7. The molecule has 4 atom stereocenters. The first-order valence-electron chi connectivity index (χ1n) is 16.2. The number of aliphatic hydroxyl groups is 1. The van der Waals surface area contributed by atoms with Crippen molar-refractivity contribution in [2.45, 2.75) is 90.1 Å². The van der Waals surface area contributed by atoms with Gasteiger partial charge >= 0.3 is 13.4 Å². The van der Waals surface area contributed by atoms with Gasteiger partial charge in [-0.05, 0) is 51.9 Å². The van der Waals surface area contributed by atoms with Crippen molar-refractivity contribution in [3.8, 4) is 0 Å². The number of aliphatic hydroxyl groups excluding tert-OH is 1. The Morgan fingerprint density at radius 3 is 2.26 bits per heavy atom.